The molecule has 0 bridgehead atoms. The van der Waals surface area contributed by atoms with Crippen molar-refractivity contribution in [2.45, 2.75) is 39.8 Å². The molecule has 10 heteroatoms. The zero-order valence-electron chi connectivity index (χ0n) is 19.7. The van der Waals surface area contributed by atoms with E-state index in [4.69, 9.17) is 9.47 Å². The molecule has 1 aromatic carbocycles. The highest BCUT2D eigenvalue weighted by Gasteiger charge is 2.25. The lowest BCUT2D eigenvalue weighted by Gasteiger charge is -2.28. The van der Waals surface area contributed by atoms with E-state index in [0.29, 0.717) is 54.8 Å². The molecule has 1 aliphatic heterocycles. The average molecular weight is 465 g/mol. The van der Waals surface area contributed by atoms with E-state index in [2.05, 4.69) is 20.5 Å². The molecule has 0 fully saturated rings. The first-order valence-corrected chi connectivity index (χ1v) is 11.2. The van der Waals surface area contributed by atoms with Crippen LogP contribution in [0.15, 0.2) is 36.7 Å². The highest BCUT2D eigenvalue weighted by molar-refractivity contribution is 6.06. The van der Waals surface area contributed by atoms with Crippen LogP contribution < -0.4 is 10.1 Å². The fourth-order valence-corrected chi connectivity index (χ4v) is 3.92. The van der Waals surface area contributed by atoms with Gasteiger partial charge in [0.25, 0.3) is 5.91 Å². The molecular weight excluding hydrogens is 436 g/mol. The molecule has 3 heterocycles. The molecule has 0 saturated carbocycles. The summed E-state index contributed by atoms with van der Waals surface area (Å²) in [4.78, 5) is 31.6. The second kappa shape index (κ2) is 9.90. The van der Waals surface area contributed by atoms with E-state index >= 15 is 0 Å². The van der Waals surface area contributed by atoms with Gasteiger partial charge in [0.2, 0.25) is 0 Å². The molecular formula is C24H28N6O4. The Bertz CT molecular complexity index is 1210. The molecule has 34 heavy (non-hydrogen) atoms. The van der Waals surface area contributed by atoms with Crippen molar-refractivity contribution >= 4 is 17.8 Å². The van der Waals surface area contributed by atoms with Gasteiger partial charge in [-0.15, -0.1) is 10.2 Å². The van der Waals surface area contributed by atoms with Crippen molar-refractivity contribution in [2.75, 3.05) is 25.6 Å². The highest BCUT2D eigenvalue weighted by Crippen LogP contribution is 2.29. The predicted molar refractivity (Wildman–Crippen MR) is 126 cm³/mol. The number of fused-ring (bicyclic) bond motifs is 1. The topological polar surface area (TPSA) is 111 Å². The number of amides is 2. The second-order valence-electron chi connectivity index (χ2n) is 8.21. The lowest BCUT2D eigenvalue weighted by atomic mass is 9.96. The van der Waals surface area contributed by atoms with Crippen LogP contribution in [-0.2, 0) is 17.7 Å². The molecule has 0 aliphatic carbocycles. The minimum absolute atomic E-state index is 0.166. The summed E-state index contributed by atoms with van der Waals surface area (Å²) in [5.74, 6) is 1.12. The van der Waals surface area contributed by atoms with Crippen LogP contribution >= 0.6 is 0 Å². The summed E-state index contributed by atoms with van der Waals surface area (Å²) in [6, 6.07) is 9.14. The maximum absolute atomic E-state index is 13.2. The first kappa shape index (κ1) is 23.2. The van der Waals surface area contributed by atoms with Gasteiger partial charge in [-0.25, -0.2) is 9.78 Å². The SMILES string of the molecule is CCOC(=O)N1CCc2cc(OC)c(C(=O)Nc3cccc(-c4nncn4C(C)C)n3)cc2C1. The molecule has 0 unspecified atom stereocenters. The zero-order valence-corrected chi connectivity index (χ0v) is 19.7. The molecule has 0 atom stereocenters. The number of methoxy groups -OCH3 is 1. The van der Waals surface area contributed by atoms with Gasteiger partial charge in [0.15, 0.2) is 5.82 Å². The Morgan fingerprint density at radius 3 is 2.76 bits per heavy atom. The Morgan fingerprint density at radius 1 is 1.21 bits per heavy atom. The van der Waals surface area contributed by atoms with Crippen molar-refractivity contribution in [1.82, 2.24) is 24.6 Å². The number of pyridine rings is 1. The Balaban J connectivity index is 1.58. The first-order valence-electron chi connectivity index (χ1n) is 11.2. The van der Waals surface area contributed by atoms with E-state index in [9.17, 15) is 9.59 Å². The lowest BCUT2D eigenvalue weighted by Crippen LogP contribution is -2.36. The van der Waals surface area contributed by atoms with Crippen LogP contribution in [0.3, 0.4) is 0 Å². The van der Waals surface area contributed by atoms with Crippen molar-refractivity contribution in [1.29, 1.82) is 0 Å². The second-order valence-corrected chi connectivity index (χ2v) is 8.21. The molecule has 2 amide bonds. The summed E-state index contributed by atoms with van der Waals surface area (Å²) in [6.45, 7) is 7.08. The third kappa shape index (κ3) is 4.70. The maximum atomic E-state index is 13.2. The minimum Gasteiger partial charge on any atom is -0.496 e. The number of hydrogen-bond donors (Lipinski definition) is 1. The van der Waals surface area contributed by atoms with E-state index < -0.39 is 0 Å². The molecule has 0 radical (unpaired) electrons. The minimum atomic E-state index is -0.358. The first-order chi connectivity index (χ1) is 16.4. The van der Waals surface area contributed by atoms with Gasteiger partial charge in [0, 0.05) is 19.1 Å². The number of rotatable bonds is 6. The molecule has 3 aromatic rings. The van der Waals surface area contributed by atoms with Crippen LogP contribution in [0.5, 0.6) is 5.75 Å². The number of hydrogen-bond acceptors (Lipinski definition) is 7. The van der Waals surface area contributed by atoms with Gasteiger partial charge in [-0.2, -0.15) is 0 Å². The van der Waals surface area contributed by atoms with E-state index in [1.54, 1.807) is 36.4 Å². The van der Waals surface area contributed by atoms with Gasteiger partial charge in [0.05, 0.1) is 19.3 Å². The van der Waals surface area contributed by atoms with Gasteiger partial charge in [-0.3, -0.25) is 4.79 Å². The largest absolute Gasteiger partial charge is 0.496 e. The monoisotopic (exact) mass is 464 g/mol. The van der Waals surface area contributed by atoms with Crippen LogP contribution in [0.25, 0.3) is 11.5 Å². The smallest absolute Gasteiger partial charge is 0.410 e. The highest BCUT2D eigenvalue weighted by atomic mass is 16.6. The number of carbonyl (C=O) groups is 2. The summed E-state index contributed by atoms with van der Waals surface area (Å²) >= 11 is 0. The van der Waals surface area contributed by atoms with Crippen molar-refractivity contribution in [2.24, 2.45) is 0 Å². The number of nitrogens with one attached hydrogen (secondary N) is 1. The number of nitrogens with zero attached hydrogens (tertiary/aromatic N) is 5. The van der Waals surface area contributed by atoms with Gasteiger partial charge in [-0.05, 0) is 62.6 Å². The molecule has 178 valence electrons. The normalized spacial score (nSPS) is 12.9. The molecule has 1 N–H and O–H groups in total. The number of ether oxygens (including phenoxy) is 2. The molecule has 10 nitrogen and oxygen atoms in total. The summed E-state index contributed by atoms with van der Waals surface area (Å²) in [5.41, 5.74) is 2.90. The predicted octanol–water partition coefficient (Wildman–Crippen LogP) is 3.70. The molecule has 2 aromatic heterocycles. The maximum Gasteiger partial charge on any atom is 0.410 e. The van der Waals surface area contributed by atoms with Crippen molar-refractivity contribution in [3.8, 4) is 17.3 Å². The van der Waals surface area contributed by atoms with E-state index in [-0.39, 0.29) is 18.0 Å². The quantitative estimate of drug-likeness (QED) is 0.592. The van der Waals surface area contributed by atoms with E-state index in [0.717, 1.165) is 11.1 Å². The fraction of sp³-hybridized carbons (Fsp3) is 0.375. The average Bonchev–Trinajstić information content (AvgIpc) is 3.33. The molecule has 1 aliphatic rings. The Morgan fingerprint density at radius 2 is 2.03 bits per heavy atom. The van der Waals surface area contributed by atoms with Crippen LogP contribution in [0.1, 0.15) is 48.3 Å². The zero-order chi connectivity index (χ0) is 24.2. The molecule has 0 spiro atoms. The summed E-state index contributed by atoms with van der Waals surface area (Å²) in [6.07, 6.45) is 1.96. The van der Waals surface area contributed by atoms with Crippen LogP contribution in [0.4, 0.5) is 10.6 Å². The Labute approximate surface area is 197 Å². The van der Waals surface area contributed by atoms with Gasteiger partial charge in [-0.1, -0.05) is 6.07 Å². The fourth-order valence-electron chi connectivity index (χ4n) is 3.92. The van der Waals surface area contributed by atoms with E-state index in [1.807, 2.05) is 30.5 Å². The number of carbonyl (C=O) groups excluding carboxylic acids is 2. The van der Waals surface area contributed by atoms with E-state index in [1.165, 1.54) is 7.11 Å². The third-order valence-corrected chi connectivity index (χ3v) is 5.65. The van der Waals surface area contributed by atoms with Crippen molar-refractivity contribution in [3.05, 3.63) is 53.3 Å². The van der Waals surface area contributed by atoms with Crippen LogP contribution in [0, 0.1) is 0 Å². The number of anilines is 1. The summed E-state index contributed by atoms with van der Waals surface area (Å²) in [7, 11) is 1.53. The Hall–Kier alpha value is -3.95. The number of benzene rings is 1. The van der Waals surface area contributed by atoms with Crippen molar-refractivity contribution in [3.63, 3.8) is 0 Å². The summed E-state index contributed by atoms with van der Waals surface area (Å²) in [5, 5.41) is 11.0. The molecule has 0 saturated heterocycles. The van der Waals surface area contributed by atoms with Gasteiger partial charge in [0.1, 0.15) is 23.6 Å². The summed E-state index contributed by atoms with van der Waals surface area (Å²) < 4.78 is 12.5. The lowest BCUT2D eigenvalue weighted by molar-refractivity contribution is 0.102. The number of aromatic nitrogens is 4. The molecule has 4 rings (SSSR count). The van der Waals surface area contributed by atoms with Crippen LogP contribution in [-0.4, -0.2) is 56.9 Å². The van der Waals surface area contributed by atoms with Gasteiger partial charge < -0.3 is 24.3 Å². The van der Waals surface area contributed by atoms with Gasteiger partial charge >= 0.3 is 6.09 Å². The third-order valence-electron chi connectivity index (χ3n) is 5.65. The van der Waals surface area contributed by atoms with Crippen molar-refractivity contribution < 1.29 is 19.1 Å². The van der Waals surface area contributed by atoms with Crippen LogP contribution in [0.2, 0.25) is 0 Å². The Kier molecular flexibility index (Phi) is 6.76. The standard InChI is InChI=1S/C24H28N6O4/c1-5-34-24(32)29-10-9-16-12-20(33-4)18(11-17(16)13-29)23(31)27-21-8-6-7-19(26-21)22-28-25-14-30(22)15(2)3/h6-8,11-12,14-15H,5,9-10,13H2,1-4H3,(H,26,27,31).